The van der Waals surface area contributed by atoms with Crippen LogP contribution in [-0.4, -0.2) is 29.6 Å². The van der Waals surface area contributed by atoms with Crippen LogP contribution in [0.1, 0.15) is 12.0 Å². The maximum atomic E-state index is 9.16. The molecule has 2 aromatic heterocycles. The van der Waals surface area contributed by atoms with Crippen molar-refractivity contribution in [2.45, 2.75) is 6.42 Å². The first-order chi connectivity index (χ1) is 10.4. The van der Waals surface area contributed by atoms with Crippen molar-refractivity contribution in [2.75, 3.05) is 29.9 Å². The van der Waals surface area contributed by atoms with Crippen molar-refractivity contribution in [3.8, 4) is 6.07 Å². The summed E-state index contributed by atoms with van der Waals surface area (Å²) in [5.41, 5.74) is 0.649. The lowest BCUT2D eigenvalue weighted by molar-refractivity contribution is 0.621. The molecule has 2 aromatic rings. The van der Waals surface area contributed by atoms with Crippen LogP contribution >= 0.6 is 0 Å². The third kappa shape index (κ3) is 3.11. The van der Waals surface area contributed by atoms with Crippen LogP contribution in [0.3, 0.4) is 0 Å². The maximum Gasteiger partial charge on any atom is 0.146 e. The molecule has 1 saturated heterocycles. The summed E-state index contributed by atoms with van der Waals surface area (Å²) in [6.07, 6.45) is 4.63. The van der Waals surface area contributed by atoms with E-state index in [1.807, 2.05) is 24.3 Å². The molecule has 1 fully saturated rings. The summed E-state index contributed by atoms with van der Waals surface area (Å²) in [6.45, 7) is 2.76. The van der Waals surface area contributed by atoms with Crippen molar-refractivity contribution in [1.82, 2.24) is 9.97 Å². The molecule has 3 rings (SSSR count). The van der Waals surface area contributed by atoms with Gasteiger partial charge in [0, 0.05) is 32.0 Å². The molecule has 3 heterocycles. The summed E-state index contributed by atoms with van der Waals surface area (Å²) in [5, 5.41) is 12.5. The van der Waals surface area contributed by atoms with Gasteiger partial charge in [-0.2, -0.15) is 5.26 Å². The molecule has 5 nitrogen and oxygen atoms in total. The number of pyridine rings is 2. The standard InChI is InChI=1S/C16H17N5/c17-10-14-4-3-8-19-16(14)21-9-6-13(12-21)11-20-15-5-1-2-7-18-15/h1-5,7-8,13H,6,9,11-12H2,(H,18,20). The molecule has 0 aromatic carbocycles. The Bertz CT molecular complexity index is 635. The minimum atomic E-state index is 0.542. The van der Waals surface area contributed by atoms with Crippen molar-refractivity contribution in [3.63, 3.8) is 0 Å². The first kappa shape index (κ1) is 13.4. The Kier molecular flexibility index (Phi) is 3.97. The van der Waals surface area contributed by atoms with Crippen LogP contribution in [0.15, 0.2) is 42.7 Å². The lowest BCUT2D eigenvalue weighted by Gasteiger charge is -2.18. The normalized spacial score (nSPS) is 17.5. The quantitative estimate of drug-likeness (QED) is 0.930. The Balaban J connectivity index is 1.60. The van der Waals surface area contributed by atoms with Gasteiger partial charge in [-0.15, -0.1) is 0 Å². The lowest BCUT2D eigenvalue weighted by atomic mass is 10.1. The van der Waals surface area contributed by atoms with Gasteiger partial charge >= 0.3 is 0 Å². The lowest BCUT2D eigenvalue weighted by Crippen LogP contribution is -2.24. The van der Waals surface area contributed by atoms with Crippen molar-refractivity contribution in [2.24, 2.45) is 5.92 Å². The van der Waals surface area contributed by atoms with Crippen LogP contribution in [0.25, 0.3) is 0 Å². The second kappa shape index (κ2) is 6.23. The smallest absolute Gasteiger partial charge is 0.146 e. The minimum absolute atomic E-state index is 0.542. The van der Waals surface area contributed by atoms with Crippen LogP contribution in [0, 0.1) is 17.2 Å². The highest BCUT2D eigenvalue weighted by Crippen LogP contribution is 2.24. The van der Waals surface area contributed by atoms with Gasteiger partial charge in [-0.05, 0) is 36.6 Å². The molecular formula is C16H17N5. The largest absolute Gasteiger partial charge is 0.370 e. The fourth-order valence-electron chi connectivity index (χ4n) is 2.64. The van der Waals surface area contributed by atoms with Gasteiger partial charge in [0.1, 0.15) is 17.7 Å². The molecule has 106 valence electrons. The van der Waals surface area contributed by atoms with E-state index in [1.165, 1.54) is 0 Å². The molecule has 5 heteroatoms. The number of nitrogens with zero attached hydrogens (tertiary/aromatic N) is 4. The molecule has 0 amide bonds. The zero-order valence-electron chi connectivity index (χ0n) is 11.7. The Labute approximate surface area is 124 Å². The third-order valence-electron chi connectivity index (χ3n) is 3.73. The van der Waals surface area contributed by atoms with Crippen LogP contribution in [0.4, 0.5) is 11.6 Å². The maximum absolute atomic E-state index is 9.16. The molecule has 21 heavy (non-hydrogen) atoms. The van der Waals surface area contributed by atoms with E-state index in [1.54, 1.807) is 18.5 Å². The summed E-state index contributed by atoms with van der Waals surface area (Å²) in [5.74, 6) is 2.26. The average molecular weight is 279 g/mol. The second-order valence-corrected chi connectivity index (χ2v) is 5.18. The van der Waals surface area contributed by atoms with E-state index < -0.39 is 0 Å². The Morgan fingerprint density at radius 3 is 2.95 bits per heavy atom. The minimum Gasteiger partial charge on any atom is -0.370 e. The zero-order valence-corrected chi connectivity index (χ0v) is 11.7. The van der Waals surface area contributed by atoms with Gasteiger partial charge in [-0.3, -0.25) is 0 Å². The topological polar surface area (TPSA) is 64.8 Å². The number of nitriles is 1. The van der Waals surface area contributed by atoms with Gasteiger partial charge in [0.05, 0.1) is 5.56 Å². The molecule has 1 N–H and O–H groups in total. The number of aromatic nitrogens is 2. The average Bonchev–Trinajstić information content (AvgIpc) is 3.02. The van der Waals surface area contributed by atoms with Crippen molar-refractivity contribution >= 4 is 11.6 Å². The van der Waals surface area contributed by atoms with Gasteiger partial charge < -0.3 is 10.2 Å². The van der Waals surface area contributed by atoms with E-state index in [-0.39, 0.29) is 0 Å². The zero-order chi connectivity index (χ0) is 14.5. The first-order valence-corrected chi connectivity index (χ1v) is 7.12. The summed E-state index contributed by atoms with van der Waals surface area (Å²) < 4.78 is 0. The monoisotopic (exact) mass is 279 g/mol. The van der Waals surface area contributed by atoms with Gasteiger partial charge in [0.15, 0.2) is 0 Å². The van der Waals surface area contributed by atoms with Crippen molar-refractivity contribution < 1.29 is 0 Å². The van der Waals surface area contributed by atoms with Crippen molar-refractivity contribution in [1.29, 1.82) is 5.26 Å². The Hall–Kier alpha value is -2.61. The summed E-state index contributed by atoms with van der Waals surface area (Å²) >= 11 is 0. The van der Waals surface area contributed by atoms with E-state index in [2.05, 4.69) is 26.3 Å². The van der Waals surface area contributed by atoms with Crippen LogP contribution in [0.5, 0.6) is 0 Å². The van der Waals surface area contributed by atoms with E-state index in [9.17, 15) is 0 Å². The highest BCUT2D eigenvalue weighted by Gasteiger charge is 2.24. The molecule has 1 unspecified atom stereocenters. The number of rotatable bonds is 4. The molecule has 1 aliphatic heterocycles. The third-order valence-corrected chi connectivity index (χ3v) is 3.73. The van der Waals surface area contributed by atoms with Gasteiger partial charge in [-0.25, -0.2) is 9.97 Å². The van der Waals surface area contributed by atoms with Crippen molar-refractivity contribution in [3.05, 3.63) is 48.3 Å². The predicted octanol–water partition coefficient (Wildman–Crippen LogP) is 2.29. The predicted molar refractivity (Wildman–Crippen MR) is 82.0 cm³/mol. The number of hydrogen-bond donors (Lipinski definition) is 1. The molecule has 0 aliphatic carbocycles. The highest BCUT2D eigenvalue weighted by atomic mass is 15.2. The Morgan fingerprint density at radius 2 is 2.14 bits per heavy atom. The molecule has 0 spiro atoms. The van der Waals surface area contributed by atoms with Crippen LogP contribution in [0.2, 0.25) is 0 Å². The SMILES string of the molecule is N#Cc1cccnc1N1CCC(CNc2ccccn2)C1. The van der Waals surface area contributed by atoms with E-state index in [4.69, 9.17) is 5.26 Å². The number of nitrogens with one attached hydrogen (secondary N) is 1. The van der Waals surface area contributed by atoms with E-state index in [0.717, 1.165) is 37.7 Å². The summed E-state index contributed by atoms with van der Waals surface area (Å²) in [6, 6.07) is 11.7. The molecule has 0 bridgehead atoms. The molecule has 0 radical (unpaired) electrons. The van der Waals surface area contributed by atoms with E-state index >= 15 is 0 Å². The molecular weight excluding hydrogens is 262 g/mol. The fourth-order valence-corrected chi connectivity index (χ4v) is 2.64. The van der Waals surface area contributed by atoms with Gasteiger partial charge in [0.25, 0.3) is 0 Å². The first-order valence-electron chi connectivity index (χ1n) is 7.12. The summed E-state index contributed by atoms with van der Waals surface area (Å²) in [7, 11) is 0. The van der Waals surface area contributed by atoms with Crippen LogP contribution < -0.4 is 10.2 Å². The second-order valence-electron chi connectivity index (χ2n) is 5.18. The number of anilines is 2. The van der Waals surface area contributed by atoms with E-state index in [0.29, 0.717) is 11.5 Å². The fraction of sp³-hybridized carbons (Fsp3) is 0.312. The number of hydrogen-bond acceptors (Lipinski definition) is 5. The molecule has 1 aliphatic rings. The molecule has 1 atom stereocenters. The highest BCUT2D eigenvalue weighted by molar-refractivity contribution is 5.54. The summed E-state index contributed by atoms with van der Waals surface area (Å²) in [4.78, 5) is 10.8. The van der Waals surface area contributed by atoms with Gasteiger partial charge in [-0.1, -0.05) is 6.07 Å². The van der Waals surface area contributed by atoms with Crippen LogP contribution in [-0.2, 0) is 0 Å². The molecule has 0 saturated carbocycles. The Morgan fingerprint density at radius 1 is 1.24 bits per heavy atom. The van der Waals surface area contributed by atoms with Gasteiger partial charge in [0.2, 0.25) is 0 Å².